The molecule has 0 aliphatic carbocycles. The van der Waals surface area contributed by atoms with Crippen molar-refractivity contribution in [1.29, 1.82) is 0 Å². The molecule has 31 heavy (non-hydrogen) atoms. The summed E-state index contributed by atoms with van der Waals surface area (Å²) in [4.78, 5) is 0. The Balaban J connectivity index is -0.000000128. The van der Waals surface area contributed by atoms with Crippen molar-refractivity contribution in [2.24, 2.45) is 0 Å². The summed E-state index contributed by atoms with van der Waals surface area (Å²) in [6, 6.07) is 6.22. The van der Waals surface area contributed by atoms with E-state index >= 15 is 0 Å². The summed E-state index contributed by atoms with van der Waals surface area (Å²) >= 11 is 0. The molecule has 0 bridgehead atoms. The standard InChI is InChI=1S/C16H22N6.7O.2Re/c1-10-7-13(4)20(17-10)16(21-14(5)8-11(2)18-21)22-15(6)9-12(3)19-22;;;;;;;;;/h7-9,16H,1-6H3;;;;;;;;;/q;7*-2;;. The molecular formula is C16H22N6O7Re2-14. The van der Waals surface area contributed by atoms with E-state index in [0.717, 1.165) is 34.2 Å². The topological polar surface area (TPSA) is 253 Å². The van der Waals surface area contributed by atoms with Crippen LogP contribution in [0.3, 0.4) is 0 Å². The second-order valence-corrected chi connectivity index (χ2v) is 5.96. The van der Waals surface area contributed by atoms with Gasteiger partial charge in [0.25, 0.3) is 0 Å². The van der Waals surface area contributed by atoms with Crippen molar-refractivity contribution >= 4 is 0 Å². The fourth-order valence-corrected chi connectivity index (χ4v) is 2.95. The summed E-state index contributed by atoms with van der Waals surface area (Å²) in [7, 11) is 0. The van der Waals surface area contributed by atoms with E-state index in [1.165, 1.54) is 0 Å². The predicted molar refractivity (Wildman–Crippen MR) is 89.7 cm³/mol. The van der Waals surface area contributed by atoms with Crippen LogP contribution >= 0.6 is 0 Å². The van der Waals surface area contributed by atoms with Gasteiger partial charge in [0, 0.05) is 57.9 Å². The average Bonchev–Trinajstić information content (AvgIpc) is 3.02. The molecule has 0 aromatic carbocycles. The number of rotatable bonds is 3. The Morgan fingerprint density at radius 2 is 0.677 bits per heavy atom. The van der Waals surface area contributed by atoms with Gasteiger partial charge in [0.1, 0.15) is 0 Å². The molecule has 0 amide bonds. The summed E-state index contributed by atoms with van der Waals surface area (Å²) in [6.07, 6.45) is -0.226. The van der Waals surface area contributed by atoms with Gasteiger partial charge in [-0.05, 0) is 59.7 Å². The minimum absolute atomic E-state index is 0. The van der Waals surface area contributed by atoms with Crippen molar-refractivity contribution in [2.45, 2.75) is 47.8 Å². The Kier molecular flexibility index (Phi) is 28.0. The van der Waals surface area contributed by atoms with Gasteiger partial charge in [-0.3, -0.25) is 0 Å². The molecule has 0 saturated carbocycles. The van der Waals surface area contributed by atoms with Gasteiger partial charge in [0.2, 0.25) is 6.29 Å². The molecule has 13 nitrogen and oxygen atoms in total. The van der Waals surface area contributed by atoms with Crippen molar-refractivity contribution in [2.75, 3.05) is 0 Å². The molecule has 0 N–H and O–H groups in total. The van der Waals surface area contributed by atoms with Crippen LogP contribution in [-0.2, 0) is 79.2 Å². The number of aryl methyl sites for hydroxylation is 6. The first-order valence-corrected chi connectivity index (χ1v) is 7.45. The Morgan fingerprint density at radius 1 is 0.484 bits per heavy atom. The van der Waals surface area contributed by atoms with Gasteiger partial charge >= 0.3 is 0 Å². The van der Waals surface area contributed by atoms with Crippen LogP contribution in [0.5, 0.6) is 0 Å². The van der Waals surface area contributed by atoms with Gasteiger partial charge in [-0.25, -0.2) is 14.0 Å². The first-order valence-electron chi connectivity index (χ1n) is 7.45. The number of nitrogens with zero attached hydrogens (tertiary/aromatic N) is 6. The number of hydrogen-bond donors (Lipinski definition) is 0. The predicted octanol–water partition coefficient (Wildman–Crippen LogP) is 1.84. The normalized spacial score (nSPS) is 8.23. The molecule has 0 spiro atoms. The third-order valence-electron chi connectivity index (χ3n) is 3.79. The smallest absolute Gasteiger partial charge is 0.238 e. The van der Waals surface area contributed by atoms with Crippen molar-refractivity contribution in [3.63, 3.8) is 0 Å². The SMILES string of the molecule is Cc1cc(C)n(C(n2nc(C)cc2C)n2nc(C)cc2C)n1.[O-2].[O-2].[O-2].[O-2].[O-2].[O-2].[O-2].[Re].[Re]. The maximum Gasteiger partial charge on any atom is 0.238 e. The molecule has 0 unspecified atom stereocenters. The third kappa shape index (κ3) is 9.37. The minimum atomic E-state index is -0.226. The molecule has 3 heterocycles. The van der Waals surface area contributed by atoms with E-state index < -0.39 is 0 Å². The minimum Gasteiger partial charge on any atom is -2.00 e. The second kappa shape index (κ2) is 18.3. The molecule has 15 heteroatoms. The van der Waals surface area contributed by atoms with Gasteiger partial charge in [-0.1, -0.05) is 0 Å². The summed E-state index contributed by atoms with van der Waals surface area (Å²) in [6.45, 7) is 12.2. The summed E-state index contributed by atoms with van der Waals surface area (Å²) in [5.41, 5.74) is 6.23. The zero-order chi connectivity index (χ0) is 16.0. The molecule has 3 aromatic rings. The molecule has 0 aliphatic rings. The Bertz CT molecular complexity index is 744. The van der Waals surface area contributed by atoms with Crippen LogP contribution in [-0.4, -0.2) is 29.3 Å². The summed E-state index contributed by atoms with van der Waals surface area (Å²) < 4.78 is 5.94. The Hall–Kier alpha value is -1.33. The number of hydrogen-bond acceptors (Lipinski definition) is 3. The van der Waals surface area contributed by atoms with Gasteiger partial charge in [0.05, 0.1) is 17.1 Å². The summed E-state index contributed by atoms with van der Waals surface area (Å²) in [5.74, 6) is 0. The zero-order valence-corrected chi connectivity index (χ0v) is 23.0. The molecular weight excluding hydrogens is 761 g/mol. The van der Waals surface area contributed by atoms with Crippen LogP contribution in [0.1, 0.15) is 40.5 Å². The molecule has 3 aromatic heterocycles. The quantitative estimate of drug-likeness (QED) is 0.386. The van der Waals surface area contributed by atoms with Crippen LogP contribution in [0.2, 0.25) is 0 Å². The van der Waals surface area contributed by atoms with Crippen LogP contribution in [0.4, 0.5) is 0 Å². The average molecular weight is 783 g/mol. The maximum absolute atomic E-state index is 4.66. The molecule has 0 fully saturated rings. The Morgan fingerprint density at radius 3 is 0.806 bits per heavy atom. The van der Waals surface area contributed by atoms with Crippen molar-refractivity contribution < 1.29 is 79.2 Å². The Labute approximate surface area is 208 Å². The molecule has 0 saturated heterocycles. The van der Waals surface area contributed by atoms with Gasteiger partial charge in [-0.2, -0.15) is 15.3 Å². The molecule has 0 atom stereocenters. The molecule has 186 valence electrons. The van der Waals surface area contributed by atoms with Crippen LogP contribution in [0, 0.1) is 41.5 Å². The van der Waals surface area contributed by atoms with Crippen molar-refractivity contribution in [1.82, 2.24) is 29.3 Å². The maximum atomic E-state index is 4.66. The fraction of sp³-hybridized carbons (Fsp3) is 0.438. The third-order valence-corrected chi connectivity index (χ3v) is 3.79. The van der Waals surface area contributed by atoms with E-state index in [4.69, 9.17) is 0 Å². The first-order chi connectivity index (χ1) is 10.4. The van der Waals surface area contributed by atoms with Gasteiger partial charge < -0.3 is 38.3 Å². The fourth-order valence-electron chi connectivity index (χ4n) is 2.95. The van der Waals surface area contributed by atoms with E-state index in [1.807, 2.05) is 34.8 Å². The van der Waals surface area contributed by atoms with Crippen LogP contribution in [0.25, 0.3) is 0 Å². The first kappa shape index (κ1) is 47.5. The van der Waals surface area contributed by atoms with Crippen molar-refractivity contribution in [3.05, 3.63) is 52.4 Å². The monoisotopic (exact) mass is 784 g/mol. The van der Waals surface area contributed by atoms with E-state index in [2.05, 4.69) is 54.3 Å². The van der Waals surface area contributed by atoms with Gasteiger partial charge in [-0.15, -0.1) is 0 Å². The zero-order valence-electron chi connectivity index (χ0n) is 17.6. The van der Waals surface area contributed by atoms with E-state index in [-0.39, 0.29) is 85.5 Å². The second-order valence-electron chi connectivity index (χ2n) is 5.96. The van der Waals surface area contributed by atoms with E-state index in [0.29, 0.717) is 0 Å². The summed E-state index contributed by atoms with van der Waals surface area (Å²) in [5, 5.41) is 14.0. The van der Waals surface area contributed by atoms with E-state index in [9.17, 15) is 0 Å². The van der Waals surface area contributed by atoms with Crippen LogP contribution in [0.15, 0.2) is 18.2 Å². The molecule has 3 rings (SSSR count). The van der Waals surface area contributed by atoms with Gasteiger partial charge in [0.15, 0.2) is 0 Å². The largest absolute Gasteiger partial charge is 2.00 e. The van der Waals surface area contributed by atoms with Crippen LogP contribution < -0.4 is 0 Å². The molecule has 0 aliphatic heterocycles. The van der Waals surface area contributed by atoms with Crippen molar-refractivity contribution in [3.8, 4) is 0 Å². The van der Waals surface area contributed by atoms with E-state index in [1.54, 1.807) is 0 Å². The number of aromatic nitrogens is 6. The molecule has 2 radical (unpaired) electrons.